The summed E-state index contributed by atoms with van der Waals surface area (Å²) in [5.74, 6) is -1.47. The molecule has 0 bridgehead atoms. The van der Waals surface area contributed by atoms with Gasteiger partial charge in [0.25, 0.3) is 5.91 Å². The minimum atomic E-state index is -3.09. The SMILES string of the molecule is COC(=O)C(CN1CCC(C(=O)Nc2ccc(Cl)cc2OC(F)F)(n2nccc2C(C)C)CC1)c1cnn(C)c1. The first-order valence-electron chi connectivity index (χ1n) is 12.9. The lowest BCUT2D eigenvalue weighted by molar-refractivity contribution is -0.143. The van der Waals surface area contributed by atoms with Gasteiger partial charge >= 0.3 is 12.6 Å². The Balaban J connectivity index is 1.62. The number of likely N-dealkylation sites (tertiary alicyclic amines) is 1. The van der Waals surface area contributed by atoms with E-state index in [0.29, 0.717) is 32.5 Å². The van der Waals surface area contributed by atoms with Crippen molar-refractivity contribution >= 4 is 29.2 Å². The Hall–Kier alpha value is -3.51. The average Bonchev–Trinajstić information content (AvgIpc) is 3.58. The molecule has 1 saturated heterocycles. The van der Waals surface area contributed by atoms with Crippen LogP contribution < -0.4 is 10.1 Å². The molecule has 40 heavy (non-hydrogen) atoms. The molecule has 0 radical (unpaired) electrons. The fourth-order valence-electron chi connectivity index (χ4n) is 5.12. The van der Waals surface area contributed by atoms with Crippen LogP contribution in [0.3, 0.4) is 0 Å². The first-order chi connectivity index (χ1) is 19.0. The highest BCUT2D eigenvalue weighted by molar-refractivity contribution is 6.30. The summed E-state index contributed by atoms with van der Waals surface area (Å²) in [5.41, 5.74) is 0.576. The van der Waals surface area contributed by atoms with Gasteiger partial charge in [-0.1, -0.05) is 25.4 Å². The third kappa shape index (κ3) is 6.28. The van der Waals surface area contributed by atoms with E-state index in [1.807, 2.05) is 19.9 Å². The predicted molar refractivity (Wildman–Crippen MR) is 145 cm³/mol. The molecule has 13 heteroatoms. The average molecular weight is 579 g/mol. The molecule has 0 saturated carbocycles. The smallest absolute Gasteiger partial charge is 0.387 e. The third-order valence-corrected chi connectivity index (χ3v) is 7.47. The molecule has 2 aromatic heterocycles. The molecule has 3 aromatic rings. The van der Waals surface area contributed by atoms with Gasteiger partial charge in [-0.15, -0.1) is 0 Å². The second kappa shape index (κ2) is 12.3. The molecule has 10 nitrogen and oxygen atoms in total. The Morgan fingerprint density at radius 2 is 1.90 bits per heavy atom. The number of aryl methyl sites for hydroxylation is 1. The van der Waals surface area contributed by atoms with Crippen LogP contribution in [0.15, 0.2) is 42.9 Å². The Kier molecular flexibility index (Phi) is 9.09. The van der Waals surface area contributed by atoms with Gasteiger partial charge in [0.05, 0.1) is 24.9 Å². The molecular weight excluding hydrogens is 546 g/mol. The number of halogens is 3. The summed E-state index contributed by atoms with van der Waals surface area (Å²) in [6.07, 6.45) is 5.81. The third-order valence-electron chi connectivity index (χ3n) is 7.24. The van der Waals surface area contributed by atoms with Crippen molar-refractivity contribution < 1.29 is 27.8 Å². The maximum Gasteiger partial charge on any atom is 0.387 e. The van der Waals surface area contributed by atoms with Crippen LogP contribution in [-0.2, 0) is 26.9 Å². The lowest BCUT2D eigenvalue weighted by atomic mass is 9.85. The number of methoxy groups -OCH3 is 1. The molecular formula is C27H33ClF2N6O4. The summed E-state index contributed by atoms with van der Waals surface area (Å²) in [6, 6.07) is 6.03. The molecule has 0 aliphatic carbocycles. The summed E-state index contributed by atoms with van der Waals surface area (Å²) in [4.78, 5) is 28.8. The summed E-state index contributed by atoms with van der Waals surface area (Å²) in [5, 5.41) is 11.7. The lowest BCUT2D eigenvalue weighted by Crippen LogP contribution is -2.54. The number of nitrogens with one attached hydrogen (secondary N) is 1. The van der Waals surface area contributed by atoms with Crippen LogP contribution in [-0.4, -0.2) is 69.7 Å². The number of hydrogen-bond acceptors (Lipinski definition) is 7. The van der Waals surface area contributed by atoms with Crippen LogP contribution in [0.25, 0.3) is 0 Å². The number of esters is 1. The predicted octanol–water partition coefficient (Wildman–Crippen LogP) is 4.38. The number of piperidine rings is 1. The number of amides is 1. The number of aromatic nitrogens is 4. The van der Waals surface area contributed by atoms with Crippen molar-refractivity contribution in [2.45, 2.75) is 50.7 Å². The number of alkyl halides is 2. The highest BCUT2D eigenvalue weighted by Crippen LogP contribution is 2.37. The maximum absolute atomic E-state index is 14.0. The summed E-state index contributed by atoms with van der Waals surface area (Å²) >= 11 is 5.99. The van der Waals surface area contributed by atoms with Crippen molar-refractivity contribution in [2.24, 2.45) is 7.05 Å². The quantitative estimate of drug-likeness (QED) is 0.356. The highest BCUT2D eigenvalue weighted by Gasteiger charge is 2.46. The van der Waals surface area contributed by atoms with Gasteiger partial charge in [-0.2, -0.15) is 19.0 Å². The fraction of sp³-hybridized carbons (Fsp3) is 0.481. The Bertz CT molecular complexity index is 1340. The Labute approximate surface area is 236 Å². The van der Waals surface area contributed by atoms with Crippen LogP contribution in [0.4, 0.5) is 14.5 Å². The van der Waals surface area contributed by atoms with Crippen LogP contribution in [0, 0.1) is 0 Å². The van der Waals surface area contributed by atoms with Gasteiger partial charge in [-0.3, -0.25) is 19.0 Å². The molecule has 1 amide bonds. The highest BCUT2D eigenvalue weighted by atomic mass is 35.5. The summed E-state index contributed by atoms with van der Waals surface area (Å²) < 4.78 is 39.2. The molecule has 1 aromatic carbocycles. The minimum absolute atomic E-state index is 0.0766. The van der Waals surface area contributed by atoms with E-state index in [9.17, 15) is 18.4 Å². The first kappa shape index (κ1) is 29.5. The van der Waals surface area contributed by atoms with E-state index in [4.69, 9.17) is 16.3 Å². The lowest BCUT2D eigenvalue weighted by Gasteiger charge is -2.42. The zero-order chi connectivity index (χ0) is 29.0. The van der Waals surface area contributed by atoms with E-state index in [-0.39, 0.29) is 28.3 Å². The number of carbonyl (C=O) groups is 2. The summed E-state index contributed by atoms with van der Waals surface area (Å²) in [6.45, 7) is 2.26. The topological polar surface area (TPSA) is 104 Å². The van der Waals surface area contributed by atoms with Crippen molar-refractivity contribution in [3.05, 3.63) is 59.1 Å². The molecule has 0 spiro atoms. The Morgan fingerprint density at radius 3 is 2.50 bits per heavy atom. The number of nitrogens with zero attached hydrogens (tertiary/aromatic N) is 5. The van der Waals surface area contributed by atoms with Crippen molar-refractivity contribution in [3.8, 4) is 5.75 Å². The van der Waals surface area contributed by atoms with Gasteiger partial charge in [0, 0.05) is 61.4 Å². The fourth-order valence-corrected chi connectivity index (χ4v) is 5.28. The molecule has 1 atom stereocenters. The van der Waals surface area contributed by atoms with Crippen LogP contribution in [0.2, 0.25) is 5.02 Å². The molecule has 216 valence electrons. The van der Waals surface area contributed by atoms with Gasteiger partial charge in [0.1, 0.15) is 5.54 Å². The molecule has 1 N–H and O–H groups in total. The van der Waals surface area contributed by atoms with Gasteiger partial charge in [-0.25, -0.2) is 0 Å². The van der Waals surface area contributed by atoms with Crippen LogP contribution in [0.5, 0.6) is 5.75 Å². The first-order valence-corrected chi connectivity index (χ1v) is 13.3. The van der Waals surface area contributed by atoms with Crippen molar-refractivity contribution in [2.75, 3.05) is 32.1 Å². The summed E-state index contributed by atoms with van der Waals surface area (Å²) in [7, 11) is 3.13. The molecule has 1 aliphatic rings. The number of benzene rings is 1. The number of anilines is 1. The largest absolute Gasteiger partial charge is 0.469 e. The van der Waals surface area contributed by atoms with E-state index < -0.39 is 24.0 Å². The van der Waals surface area contributed by atoms with Crippen LogP contribution >= 0.6 is 11.6 Å². The molecule has 3 heterocycles. The van der Waals surface area contributed by atoms with Gasteiger partial charge in [0.15, 0.2) is 5.75 Å². The van der Waals surface area contributed by atoms with Crippen molar-refractivity contribution in [1.82, 2.24) is 24.5 Å². The van der Waals surface area contributed by atoms with E-state index in [0.717, 1.165) is 11.3 Å². The zero-order valence-electron chi connectivity index (χ0n) is 22.8. The van der Waals surface area contributed by atoms with Gasteiger partial charge in [0.2, 0.25) is 0 Å². The van der Waals surface area contributed by atoms with E-state index >= 15 is 0 Å². The molecule has 1 aliphatic heterocycles. The van der Waals surface area contributed by atoms with E-state index in [1.165, 1.54) is 25.3 Å². The number of hydrogen-bond donors (Lipinski definition) is 1. The van der Waals surface area contributed by atoms with Crippen molar-refractivity contribution in [1.29, 1.82) is 0 Å². The van der Waals surface area contributed by atoms with Crippen LogP contribution in [0.1, 0.15) is 49.8 Å². The second-order valence-electron chi connectivity index (χ2n) is 10.2. The molecule has 1 unspecified atom stereocenters. The second-order valence-corrected chi connectivity index (χ2v) is 10.6. The molecule has 1 fully saturated rings. The van der Waals surface area contributed by atoms with Gasteiger partial charge in [-0.05, 0) is 37.0 Å². The monoisotopic (exact) mass is 578 g/mol. The number of rotatable bonds is 10. The minimum Gasteiger partial charge on any atom is -0.469 e. The number of carbonyl (C=O) groups excluding carboxylic acids is 2. The Morgan fingerprint density at radius 1 is 1.18 bits per heavy atom. The van der Waals surface area contributed by atoms with Gasteiger partial charge < -0.3 is 19.7 Å². The van der Waals surface area contributed by atoms with E-state index in [1.54, 1.807) is 35.0 Å². The van der Waals surface area contributed by atoms with E-state index in [2.05, 4.69) is 25.2 Å². The maximum atomic E-state index is 14.0. The standard InChI is InChI=1S/C27H33ClF2N6O4/c1-17(2)22-7-10-31-36(22)27(25(38)33-21-6-5-19(28)13-23(21)40-26(29)30)8-11-35(12-9-27)16-20(24(37)39-4)18-14-32-34(3)15-18/h5-7,10,13-15,17,20,26H,8-9,11-12,16H2,1-4H3,(H,33,38). The van der Waals surface area contributed by atoms with Crippen molar-refractivity contribution in [3.63, 3.8) is 0 Å². The normalized spacial score (nSPS) is 16.2. The number of ether oxygens (including phenoxy) is 2. The molecule has 4 rings (SSSR count). The zero-order valence-corrected chi connectivity index (χ0v) is 23.6.